The fourth-order valence-corrected chi connectivity index (χ4v) is 4.60. The first kappa shape index (κ1) is 31.3. The van der Waals surface area contributed by atoms with E-state index in [0.717, 1.165) is 17.6 Å². The van der Waals surface area contributed by atoms with Crippen molar-refractivity contribution >= 4 is 52.5 Å². The van der Waals surface area contributed by atoms with Crippen molar-refractivity contribution in [2.45, 2.75) is 69.7 Å². The molecule has 0 spiro atoms. The van der Waals surface area contributed by atoms with Crippen LogP contribution in [0.4, 0.5) is 0 Å². The van der Waals surface area contributed by atoms with Gasteiger partial charge in [0.25, 0.3) is 0 Å². The SMILES string of the molecule is NC(=O)C(CCCC(=O)O)NC(=O)C(CCC(=O)O)NC(O)CCC1C=CC(c2cc(Cl)cc(Cl)c2)=CC1. The van der Waals surface area contributed by atoms with E-state index in [1.54, 1.807) is 6.07 Å². The second kappa shape index (κ2) is 15.5. The summed E-state index contributed by atoms with van der Waals surface area (Å²) in [5, 5.41) is 34.6. The molecule has 4 atom stereocenters. The lowest BCUT2D eigenvalue weighted by molar-refractivity contribution is -0.138. The molecule has 0 saturated heterocycles. The number of carbonyl (C=O) groups excluding carboxylic acids is 2. The van der Waals surface area contributed by atoms with Gasteiger partial charge in [0.1, 0.15) is 12.3 Å². The summed E-state index contributed by atoms with van der Waals surface area (Å²) in [5.41, 5.74) is 7.22. The number of carboxylic acids is 2. The van der Waals surface area contributed by atoms with Gasteiger partial charge in [0, 0.05) is 22.9 Å². The monoisotopic (exact) mass is 569 g/mol. The quantitative estimate of drug-likeness (QED) is 0.164. The van der Waals surface area contributed by atoms with Crippen LogP contribution in [0.1, 0.15) is 56.9 Å². The number of hydrogen-bond acceptors (Lipinski definition) is 6. The zero-order chi connectivity index (χ0) is 28.2. The number of halogens is 2. The standard InChI is InChI=1S/C26H33Cl2N3O7/c27-18-12-17(13-19(28)14-18)16-7-4-15(5-8-16)6-10-22(32)30-21(9-11-24(35)36)26(38)31-20(25(29)37)2-1-3-23(33)34/h4,7-8,12-15,20-22,30,32H,1-3,5-6,9-11H2,(H2,29,37)(H,31,38)(H,33,34)(H,35,36). The van der Waals surface area contributed by atoms with E-state index < -0.39 is 42.1 Å². The highest BCUT2D eigenvalue weighted by Crippen LogP contribution is 2.30. The molecular weight excluding hydrogens is 537 g/mol. The number of carbonyl (C=O) groups is 4. The van der Waals surface area contributed by atoms with E-state index in [4.69, 9.17) is 39.1 Å². The van der Waals surface area contributed by atoms with Crippen LogP contribution in [0.5, 0.6) is 0 Å². The molecule has 0 bridgehead atoms. The van der Waals surface area contributed by atoms with Gasteiger partial charge in [0.2, 0.25) is 11.8 Å². The van der Waals surface area contributed by atoms with Crippen LogP contribution in [0.15, 0.2) is 36.4 Å². The molecule has 4 unspecified atom stereocenters. The van der Waals surface area contributed by atoms with Crippen LogP contribution in [-0.4, -0.2) is 57.4 Å². The number of aliphatic hydroxyl groups excluding tert-OH is 1. The van der Waals surface area contributed by atoms with Crippen molar-refractivity contribution in [1.29, 1.82) is 0 Å². The number of allylic oxidation sites excluding steroid dienone is 4. The second-order valence-corrected chi connectivity index (χ2v) is 10.0. The highest BCUT2D eigenvalue weighted by molar-refractivity contribution is 6.34. The summed E-state index contributed by atoms with van der Waals surface area (Å²) in [4.78, 5) is 46.3. The Bertz CT molecular complexity index is 1060. The van der Waals surface area contributed by atoms with Gasteiger partial charge < -0.3 is 26.4 Å². The Morgan fingerprint density at radius 1 is 0.974 bits per heavy atom. The highest BCUT2D eigenvalue weighted by atomic mass is 35.5. The van der Waals surface area contributed by atoms with Gasteiger partial charge in [-0.05, 0) is 73.8 Å². The number of carboxylic acid groups (broad SMARTS) is 2. The van der Waals surface area contributed by atoms with E-state index in [-0.39, 0.29) is 44.4 Å². The zero-order valence-corrected chi connectivity index (χ0v) is 22.3. The molecule has 2 amide bonds. The average Bonchev–Trinajstić information content (AvgIpc) is 2.83. The van der Waals surface area contributed by atoms with Crippen LogP contribution in [0.3, 0.4) is 0 Å². The molecule has 0 radical (unpaired) electrons. The fourth-order valence-electron chi connectivity index (χ4n) is 4.07. The predicted octanol–water partition coefficient (Wildman–Crippen LogP) is 3.10. The Labute approximate surface area is 230 Å². The maximum atomic E-state index is 12.8. The minimum absolute atomic E-state index is 0.0203. The van der Waals surface area contributed by atoms with Gasteiger partial charge in [0.15, 0.2) is 0 Å². The van der Waals surface area contributed by atoms with E-state index in [1.807, 2.05) is 24.3 Å². The van der Waals surface area contributed by atoms with Crippen LogP contribution in [0, 0.1) is 5.92 Å². The Kier molecular flexibility index (Phi) is 12.8. The molecule has 2 rings (SSSR count). The first-order chi connectivity index (χ1) is 17.9. The molecule has 7 N–H and O–H groups in total. The molecule has 10 nitrogen and oxygen atoms in total. The van der Waals surface area contributed by atoms with E-state index in [1.165, 1.54) is 0 Å². The summed E-state index contributed by atoms with van der Waals surface area (Å²) in [5.74, 6) is -3.56. The van der Waals surface area contributed by atoms with Crippen molar-refractivity contribution in [2.24, 2.45) is 11.7 Å². The number of nitrogens with one attached hydrogen (secondary N) is 2. The van der Waals surface area contributed by atoms with Gasteiger partial charge >= 0.3 is 11.9 Å². The van der Waals surface area contributed by atoms with E-state index >= 15 is 0 Å². The maximum Gasteiger partial charge on any atom is 0.303 e. The van der Waals surface area contributed by atoms with Gasteiger partial charge in [-0.25, -0.2) is 0 Å². The third-order valence-corrected chi connectivity index (χ3v) is 6.53. The number of aliphatic hydroxyl groups is 1. The van der Waals surface area contributed by atoms with Crippen molar-refractivity contribution in [3.8, 4) is 0 Å². The summed E-state index contributed by atoms with van der Waals surface area (Å²) in [6.07, 6.45) is 6.02. The van der Waals surface area contributed by atoms with Crippen LogP contribution < -0.4 is 16.4 Å². The molecule has 0 heterocycles. The minimum atomic E-state index is -1.12. The van der Waals surface area contributed by atoms with E-state index in [2.05, 4.69) is 16.7 Å². The Morgan fingerprint density at radius 3 is 2.18 bits per heavy atom. The second-order valence-electron chi connectivity index (χ2n) is 9.17. The average molecular weight is 570 g/mol. The first-order valence-corrected chi connectivity index (χ1v) is 13.0. The van der Waals surface area contributed by atoms with Crippen molar-refractivity contribution < 1.29 is 34.5 Å². The first-order valence-electron chi connectivity index (χ1n) is 12.3. The van der Waals surface area contributed by atoms with Crippen molar-refractivity contribution in [3.05, 3.63) is 52.0 Å². The summed E-state index contributed by atoms with van der Waals surface area (Å²) < 4.78 is 0. The third kappa shape index (κ3) is 11.2. The number of benzene rings is 1. The Balaban J connectivity index is 1.91. The molecule has 1 aliphatic carbocycles. The molecule has 0 aliphatic heterocycles. The molecule has 1 aliphatic rings. The van der Waals surface area contributed by atoms with Gasteiger partial charge in [-0.2, -0.15) is 0 Å². The number of aliphatic carboxylic acids is 2. The lowest BCUT2D eigenvalue weighted by Gasteiger charge is -2.25. The molecular formula is C26H33Cl2N3O7. The summed E-state index contributed by atoms with van der Waals surface area (Å²) >= 11 is 12.2. The molecule has 1 aromatic rings. The Morgan fingerprint density at radius 2 is 1.63 bits per heavy atom. The van der Waals surface area contributed by atoms with E-state index in [9.17, 15) is 24.3 Å². The predicted molar refractivity (Wildman–Crippen MR) is 143 cm³/mol. The lowest BCUT2D eigenvalue weighted by atomic mass is 9.90. The van der Waals surface area contributed by atoms with Crippen LogP contribution >= 0.6 is 23.2 Å². The molecule has 208 valence electrons. The van der Waals surface area contributed by atoms with Gasteiger partial charge in [-0.15, -0.1) is 0 Å². The van der Waals surface area contributed by atoms with E-state index in [0.29, 0.717) is 16.5 Å². The topological polar surface area (TPSA) is 179 Å². The molecule has 0 saturated carbocycles. The molecule has 38 heavy (non-hydrogen) atoms. The molecule has 12 heteroatoms. The number of amides is 2. The summed E-state index contributed by atoms with van der Waals surface area (Å²) in [6, 6.07) is 3.11. The third-order valence-electron chi connectivity index (χ3n) is 6.10. The maximum absolute atomic E-state index is 12.8. The van der Waals surface area contributed by atoms with Crippen molar-refractivity contribution in [1.82, 2.24) is 10.6 Å². The van der Waals surface area contributed by atoms with Crippen molar-refractivity contribution in [3.63, 3.8) is 0 Å². The van der Waals surface area contributed by atoms with Gasteiger partial charge in [-0.3, -0.25) is 24.5 Å². The Hall–Kier alpha value is -2.92. The van der Waals surface area contributed by atoms with Gasteiger partial charge in [0.05, 0.1) is 6.04 Å². The lowest BCUT2D eigenvalue weighted by Crippen LogP contribution is -2.53. The normalized spacial score (nSPS) is 17.2. The smallest absolute Gasteiger partial charge is 0.303 e. The molecule has 1 aromatic carbocycles. The van der Waals surface area contributed by atoms with Gasteiger partial charge in [-0.1, -0.05) is 41.4 Å². The summed E-state index contributed by atoms with van der Waals surface area (Å²) in [6.45, 7) is 0. The number of primary amides is 1. The highest BCUT2D eigenvalue weighted by Gasteiger charge is 2.26. The van der Waals surface area contributed by atoms with Crippen LogP contribution in [0.25, 0.3) is 5.57 Å². The minimum Gasteiger partial charge on any atom is -0.481 e. The van der Waals surface area contributed by atoms with Crippen molar-refractivity contribution in [2.75, 3.05) is 0 Å². The number of nitrogens with two attached hydrogens (primary N) is 1. The fraction of sp³-hybridized carbons (Fsp3) is 0.462. The van der Waals surface area contributed by atoms with Crippen LogP contribution in [-0.2, 0) is 19.2 Å². The molecule has 0 fully saturated rings. The zero-order valence-electron chi connectivity index (χ0n) is 20.7. The largest absolute Gasteiger partial charge is 0.481 e. The number of rotatable bonds is 16. The van der Waals surface area contributed by atoms with Crippen LogP contribution in [0.2, 0.25) is 10.0 Å². The summed E-state index contributed by atoms with van der Waals surface area (Å²) in [7, 11) is 0. The molecule has 0 aromatic heterocycles. The number of hydrogen-bond donors (Lipinski definition) is 6.